The van der Waals surface area contributed by atoms with E-state index >= 15 is 0 Å². The van der Waals surface area contributed by atoms with Crippen LogP contribution in [0.3, 0.4) is 0 Å². The van der Waals surface area contributed by atoms with E-state index in [9.17, 15) is 0 Å². The van der Waals surface area contributed by atoms with Gasteiger partial charge in [0.2, 0.25) is 0 Å². The van der Waals surface area contributed by atoms with Crippen LogP contribution >= 0.6 is 0 Å². The molecule has 2 rings (SSSR count). The van der Waals surface area contributed by atoms with Gasteiger partial charge < -0.3 is 10.5 Å². The number of ether oxygens (including phenoxy) is 1. The quantitative estimate of drug-likeness (QED) is 0.802. The highest BCUT2D eigenvalue weighted by Gasteiger charge is 2.19. The number of rotatable bonds is 5. The van der Waals surface area contributed by atoms with Gasteiger partial charge in [0.25, 0.3) is 0 Å². The molecule has 0 radical (unpaired) electrons. The number of fused-ring (bicyclic) bond motifs is 1. The normalized spacial score (nSPS) is 18.8. The maximum Gasteiger partial charge on any atom is 0.122 e. The van der Waals surface area contributed by atoms with E-state index in [4.69, 9.17) is 10.5 Å². The van der Waals surface area contributed by atoms with Gasteiger partial charge in [-0.1, -0.05) is 26.0 Å². The van der Waals surface area contributed by atoms with Gasteiger partial charge in [0.1, 0.15) is 5.75 Å². The molecule has 1 unspecified atom stereocenters. The first-order valence-electron chi connectivity index (χ1n) is 7.18. The number of benzene rings is 1. The Labute approximate surface area is 111 Å². The van der Waals surface area contributed by atoms with Crippen molar-refractivity contribution in [2.75, 3.05) is 6.61 Å². The second kappa shape index (κ2) is 6.24. The lowest BCUT2D eigenvalue weighted by Crippen LogP contribution is -2.18. The fraction of sp³-hybridized carbons (Fsp3) is 0.625. The van der Waals surface area contributed by atoms with E-state index in [0.29, 0.717) is 0 Å². The van der Waals surface area contributed by atoms with Crippen LogP contribution in [0.25, 0.3) is 0 Å². The summed E-state index contributed by atoms with van der Waals surface area (Å²) in [6.07, 6.45) is 5.76. The van der Waals surface area contributed by atoms with Crippen molar-refractivity contribution in [3.8, 4) is 5.75 Å². The zero-order chi connectivity index (χ0) is 13.0. The van der Waals surface area contributed by atoms with Crippen LogP contribution in [0.15, 0.2) is 18.2 Å². The van der Waals surface area contributed by atoms with Crippen LogP contribution in [-0.2, 0) is 6.42 Å². The minimum absolute atomic E-state index is 0.202. The van der Waals surface area contributed by atoms with E-state index in [1.165, 1.54) is 24.0 Å². The van der Waals surface area contributed by atoms with Crippen LogP contribution in [0, 0.1) is 5.92 Å². The largest absolute Gasteiger partial charge is 0.493 e. The van der Waals surface area contributed by atoms with Crippen LogP contribution in [0.1, 0.15) is 56.7 Å². The molecule has 0 heterocycles. The van der Waals surface area contributed by atoms with Gasteiger partial charge in [-0.05, 0) is 55.2 Å². The highest BCUT2D eigenvalue weighted by molar-refractivity contribution is 5.43. The summed E-state index contributed by atoms with van der Waals surface area (Å²) in [6, 6.07) is 6.52. The molecule has 1 aromatic rings. The third-order valence-corrected chi connectivity index (χ3v) is 3.69. The lowest BCUT2D eigenvalue weighted by atomic mass is 9.87. The van der Waals surface area contributed by atoms with Crippen molar-refractivity contribution < 1.29 is 4.74 Å². The SMILES string of the molecule is CC(C)CCCOc1cccc2c1CCCC2N. The molecule has 0 spiro atoms. The average molecular weight is 247 g/mol. The molecule has 18 heavy (non-hydrogen) atoms. The lowest BCUT2D eigenvalue weighted by Gasteiger charge is -2.24. The lowest BCUT2D eigenvalue weighted by molar-refractivity contribution is 0.293. The molecular weight excluding hydrogens is 222 g/mol. The fourth-order valence-corrected chi connectivity index (χ4v) is 2.66. The van der Waals surface area contributed by atoms with Gasteiger partial charge in [0.05, 0.1) is 6.61 Å². The van der Waals surface area contributed by atoms with Crippen molar-refractivity contribution in [2.45, 2.75) is 52.0 Å². The molecule has 1 aliphatic rings. The van der Waals surface area contributed by atoms with Crippen molar-refractivity contribution in [1.29, 1.82) is 0 Å². The molecule has 0 aromatic heterocycles. The molecular formula is C16H25NO. The molecule has 0 amide bonds. The number of hydrogen-bond acceptors (Lipinski definition) is 2. The molecule has 2 heteroatoms. The van der Waals surface area contributed by atoms with Gasteiger partial charge in [0.15, 0.2) is 0 Å². The number of hydrogen-bond donors (Lipinski definition) is 1. The van der Waals surface area contributed by atoms with Crippen LogP contribution in [0.5, 0.6) is 5.75 Å². The van der Waals surface area contributed by atoms with E-state index in [1.807, 2.05) is 0 Å². The van der Waals surface area contributed by atoms with Gasteiger partial charge >= 0.3 is 0 Å². The summed E-state index contributed by atoms with van der Waals surface area (Å²) in [7, 11) is 0. The van der Waals surface area contributed by atoms with Crippen LogP contribution < -0.4 is 10.5 Å². The molecule has 0 fully saturated rings. The molecule has 2 N–H and O–H groups in total. The molecule has 1 aliphatic carbocycles. The molecule has 2 nitrogen and oxygen atoms in total. The summed E-state index contributed by atoms with van der Waals surface area (Å²) >= 11 is 0. The van der Waals surface area contributed by atoms with Crippen molar-refractivity contribution >= 4 is 0 Å². The monoisotopic (exact) mass is 247 g/mol. The predicted octanol–water partition coefficient (Wildman–Crippen LogP) is 3.84. The zero-order valence-electron chi connectivity index (χ0n) is 11.6. The van der Waals surface area contributed by atoms with Crippen LogP contribution in [0.2, 0.25) is 0 Å². The number of nitrogens with two attached hydrogens (primary N) is 1. The van der Waals surface area contributed by atoms with Crippen molar-refractivity contribution in [3.05, 3.63) is 29.3 Å². The van der Waals surface area contributed by atoms with E-state index < -0.39 is 0 Å². The van der Waals surface area contributed by atoms with Crippen LogP contribution in [-0.4, -0.2) is 6.61 Å². The summed E-state index contributed by atoms with van der Waals surface area (Å²) in [4.78, 5) is 0. The molecule has 100 valence electrons. The highest BCUT2D eigenvalue weighted by Crippen LogP contribution is 2.34. The van der Waals surface area contributed by atoms with E-state index in [-0.39, 0.29) is 6.04 Å². The molecule has 0 bridgehead atoms. The smallest absolute Gasteiger partial charge is 0.122 e. The topological polar surface area (TPSA) is 35.2 Å². The highest BCUT2D eigenvalue weighted by atomic mass is 16.5. The Hall–Kier alpha value is -1.02. The maximum absolute atomic E-state index is 6.15. The molecule has 1 atom stereocenters. The third kappa shape index (κ3) is 3.26. The fourth-order valence-electron chi connectivity index (χ4n) is 2.66. The summed E-state index contributed by atoms with van der Waals surface area (Å²) in [5.74, 6) is 1.82. The Bertz CT molecular complexity index is 387. The Morgan fingerprint density at radius 1 is 1.39 bits per heavy atom. The molecule has 1 aromatic carbocycles. The summed E-state index contributed by atoms with van der Waals surface area (Å²) in [6.45, 7) is 5.33. The third-order valence-electron chi connectivity index (χ3n) is 3.69. The molecule has 0 aliphatic heterocycles. The molecule has 0 saturated heterocycles. The second-order valence-corrected chi connectivity index (χ2v) is 5.71. The Morgan fingerprint density at radius 2 is 2.22 bits per heavy atom. The zero-order valence-corrected chi connectivity index (χ0v) is 11.6. The molecule has 0 saturated carbocycles. The average Bonchev–Trinajstić information content (AvgIpc) is 2.35. The van der Waals surface area contributed by atoms with E-state index in [2.05, 4.69) is 32.0 Å². The summed E-state index contributed by atoms with van der Waals surface area (Å²) < 4.78 is 5.95. The van der Waals surface area contributed by atoms with Gasteiger partial charge in [-0.2, -0.15) is 0 Å². The van der Waals surface area contributed by atoms with Gasteiger partial charge in [-0.3, -0.25) is 0 Å². The predicted molar refractivity (Wildman–Crippen MR) is 75.9 cm³/mol. The Morgan fingerprint density at radius 3 is 3.00 bits per heavy atom. The first kappa shape index (κ1) is 13.4. The van der Waals surface area contributed by atoms with Crippen molar-refractivity contribution in [1.82, 2.24) is 0 Å². The van der Waals surface area contributed by atoms with Gasteiger partial charge in [0, 0.05) is 6.04 Å². The van der Waals surface area contributed by atoms with Gasteiger partial charge in [-0.25, -0.2) is 0 Å². The Balaban J connectivity index is 1.98. The van der Waals surface area contributed by atoms with Crippen molar-refractivity contribution in [2.24, 2.45) is 11.7 Å². The first-order chi connectivity index (χ1) is 8.68. The first-order valence-corrected chi connectivity index (χ1v) is 7.18. The summed E-state index contributed by atoms with van der Waals surface area (Å²) in [5.41, 5.74) is 8.80. The van der Waals surface area contributed by atoms with Gasteiger partial charge in [-0.15, -0.1) is 0 Å². The standard InChI is InChI=1S/C16H25NO/c1-12(2)6-5-11-18-16-10-4-7-13-14(16)8-3-9-15(13)17/h4,7,10,12,15H,3,5-6,8-9,11,17H2,1-2H3. The van der Waals surface area contributed by atoms with Crippen molar-refractivity contribution in [3.63, 3.8) is 0 Å². The van der Waals surface area contributed by atoms with E-state index in [1.54, 1.807) is 0 Å². The minimum atomic E-state index is 0.202. The van der Waals surface area contributed by atoms with Crippen LogP contribution in [0.4, 0.5) is 0 Å². The minimum Gasteiger partial charge on any atom is -0.493 e. The Kier molecular flexibility index (Phi) is 4.65. The maximum atomic E-state index is 6.15. The van der Waals surface area contributed by atoms with E-state index in [0.717, 1.165) is 37.5 Å². The summed E-state index contributed by atoms with van der Waals surface area (Å²) in [5, 5.41) is 0. The second-order valence-electron chi connectivity index (χ2n) is 5.71.